The summed E-state index contributed by atoms with van der Waals surface area (Å²) in [6.45, 7) is 5.33. The number of carbonyl (C=O) groups excluding carboxylic acids is 3. The topological polar surface area (TPSA) is 106 Å². The number of hydrogen-bond donors (Lipinski definition) is 3. The molecule has 0 saturated heterocycles. The molecular formula is C16H23N3O5. The van der Waals surface area contributed by atoms with E-state index in [1.54, 1.807) is 12.1 Å². The summed E-state index contributed by atoms with van der Waals surface area (Å²) in [5.41, 5.74) is 4.89. The SMILES string of the molecule is COc1cc(C(=O)NNC(=O)CCNC(C)=O)ccc1OC(C)C. The van der Waals surface area contributed by atoms with Gasteiger partial charge in [0.1, 0.15) is 0 Å². The van der Waals surface area contributed by atoms with Crippen LogP contribution in [0.1, 0.15) is 37.6 Å². The van der Waals surface area contributed by atoms with Gasteiger partial charge in [-0.15, -0.1) is 0 Å². The van der Waals surface area contributed by atoms with Crippen molar-refractivity contribution in [2.24, 2.45) is 0 Å². The molecule has 1 aromatic carbocycles. The first-order chi connectivity index (χ1) is 11.3. The second-order valence-electron chi connectivity index (χ2n) is 5.27. The summed E-state index contributed by atoms with van der Waals surface area (Å²) >= 11 is 0. The van der Waals surface area contributed by atoms with E-state index < -0.39 is 11.8 Å². The fraction of sp³-hybridized carbons (Fsp3) is 0.438. The Morgan fingerprint density at radius 1 is 1.12 bits per heavy atom. The van der Waals surface area contributed by atoms with Crippen molar-refractivity contribution in [3.05, 3.63) is 23.8 Å². The first-order valence-corrected chi connectivity index (χ1v) is 7.51. The maximum Gasteiger partial charge on any atom is 0.269 e. The predicted octanol–water partition coefficient (Wildman–Crippen LogP) is 0.770. The lowest BCUT2D eigenvalue weighted by Gasteiger charge is -2.14. The highest BCUT2D eigenvalue weighted by Gasteiger charge is 2.13. The smallest absolute Gasteiger partial charge is 0.269 e. The highest BCUT2D eigenvalue weighted by molar-refractivity contribution is 5.96. The van der Waals surface area contributed by atoms with Crippen molar-refractivity contribution >= 4 is 17.7 Å². The van der Waals surface area contributed by atoms with Crippen molar-refractivity contribution in [1.82, 2.24) is 16.2 Å². The first kappa shape index (κ1) is 19.3. The van der Waals surface area contributed by atoms with Crippen molar-refractivity contribution in [1.29, 1.82) is 0 Å². The van der Waals surface area contributed by atoms with E-state index in [2.05, 4.69) is 16.2 Å². The van der Waals surface area contributed by atoms with Crippen molar-refractivity contribution in [2.45, 2.75) is 33.3 Å². The van der Waals surface area contributed by atoms with E-state index in [4.69, 9.17) is 9.47 Å². The lowest BCUT2D eigenvalue weighted by Crippen LogP contribution is -2.42. The third kappa shape index (κ3) is 6.55. The molecule has 132 valence electrons. The number of methoxy groups -OCH3 is 1. The van der Waals surface area contributed by atoms with Crippen LogP contribution in [-0.4, -0.2) is 37.5 Å². The molecular weight excluding hydrogens is 314 g/mol. The predicted molar refractivity (Wildman–Crippen MR) is 87.7 cm³/mol. The quantitative estimate of drug-likeness (QED) is 0.637. The average molecular weight is 337 g/mol. The monoisotopic (exact) mass is 337 g/mol. The van der Waals surface area contributed by atoms with Gasteiger partial charge in [0.15, 0.2) is 11.5 Å². The summed E-state index contributed by atoms with van der Waals surface area (Å²) in [5, 5.41) is 2.49. The molecule has 0 radical (unpaired) electrons. The zero-order valence-corrected chi connectivity index (χ0v) is 14.3. The first-order valence-electron chi connectivity index (χ1n) is 7.51. The molecule has 0 aromatic heterocycles. The van der Waals surface area contributed by atoms with Crippen LogP contribution in [-0.2, 0) is 9.59 Å². The summed E-state index contributed by atoms with van der Waals surface area (Å²) in [7, 11) is 1.48. The van der Waals surface area contributed by atoms with Crippen LogP contribution in [0.4, 0.5) is 0 Å². The highest BCUT2D eigenvalue weighted by atomic mass is 16.5. The average Bonchev–Trinajstić information content (AvgIpc) is 2.52. The second kappa shape index (κ2) is 9.39. The molecule has 0 fully saturated rings. The van der Waals surface area contributed by atoms with E-state index in [0.29, 0.717) is 17.1 Å². The summed E-state index contributed by atoms with van der Waals surface area (Å²) in [4.78, 5) is 34.3. The van der Waals surface area contributed by atoms with Gasteiger partial charge in [-0.2, -0.15) is 0 Å². The second-order valence-corrected chi connectivity index (χ2v) is 5.27. The summed E-state index contributed by atoms with van der Waals surface area (Å²) in [6.07, 6.45) is 0.0335. The molecule has 24 heavy (non-hydrogen) atoms. The van der Waals surface area contributed by atoms with Gasteiger partial charge in [-0.3, -0.25) is 25.2 Å². The van der Waals surface area contributed by atoms with Crippen molar-refractivity contribution < 1.29 is 23.9 Å². The normalized spacial score (nSPS) is 10.0. The van der Waals surface area contributed by atoms with E-state index in [9.17, 15) is 14.4 Å². The number of amides is 3. The van der Waals surface area contributed by atoms with E-state index in [0.717, 1.165) is 0 Å². The van der Waals surface area contributed by atoms with Gasteiger partial charge in [-0.05, 0) is 32.0 Å². The number of hydrogen-bond acceptors (Lipinski definition) is 5. The molecule has 0 bridgehead atoms. The Hall–Kier alpha value is -2.77. The molecule has 8 heteroatoms. The zero-order valence-electron chi connectivity index (χ0n) is 14.3. The molecule has 0 heterocycles. The van der Waals surface area contributed by atoms with Gasteiger partial charge in [0.2, 0.25) is 11.8 Å². The van der Waals surface area contributed by atoms with E-state index in [-0.39, 0.29) is 25.0 Å². The molecule has 0 unspecified atom stereocenters. The number of benzene rings is 1. The molecule has 0 aliphatic carbocycles. The van der Waals surface area contributed by atoms with Crippen LogP contribution in [0.3, 0.4) is 0 Å². The van der Waals surface area contributed by atoms with Gasteiger partial charge in [0, 0.05) is 25.5 Å². The van der Waals surface area contributed by atoms with Crippen LogP contribution in [0.5, 0.6) is 11.5 Å². The zero-order chi connectivity index (χ0) is 18.1. The van der Waals surface area contributed by atoms with Crippen molar-refractivity contribution in [2.75, 3.05) is 13.7 Å². The molecule has 0 aliphatic heterocycles. The number of rotatable bonds is 7. The van der Waals surface area contributed by atoms with Gasteiger partial charge >= 0.3 is 0 Å². The number of carbonyl (C=O) groups is 3. The van der Waals surface area contributed by atoms with Crippen LogP contribution in [0.2, 0.25) is 0 Å². The van der Waals surface area contributed by atoms with Crippen LogP contribution >= 0.6 is 0 Å². The van der Waals surface area contributed by atoms with Crippen LogP contribution in [0.25, 0.3) is 0 Å². The Balaban J connectivity index is 2.58. The molecule has 1 aromatic rings. The third-order valence-corrected chi connectivity index (χ3v) is 2.83. The molecule has 0 atom stereocenters. The Kier molecular flexibility index (Phi) is 7.54. The van der Waals surface area contributed by atoms with E-state index >= 15 is 0 Å². The Labute approximate surface area is 140 Å². The van der Waals surface area contributed by atoms with Crippen LogP contribution in [0, 0.1) is 0 Å². The minimum atomic E-state index is -0.489. The minimum absolute atomic E-state index is 0.0264. The van der Waals surface area contributed by atoms with Gasteiger partial charge in [-0.25, -0.2) is 0 Å². The van der Waals surface area contributed by atoms with Crippen LogP contribution in [0.15, 0.2) is 18.2 Å². The number of hydrazine groups is 1. The Bertz CT molecular complexity index is 601. The van der Waals surface area contributed by atoms with Crippen molar-refractivity contribution in [3.8, 4) is 11.5 Å². The van der Waals surface area contributed by atoms with Gasteiger partial charge in [-0.1, -0.05) is 0 Å². The third-order valence-electron chi connectivity index (χ3n) is 2.83. The van der Waals surface area contributed by atoms with Crippen LogP contribution < -0.4 is 25.6 Å². The number of nitrogens with one attached hydrogen (secondary N) is 3. The Morgan fingerprint density at radius 2 is 1.83 bits per heavy atom. The maximum absolute atomic E-state index is 12.0. The van der Waals surface area contributed by atoms with E-state index in [1.165, 1.54) is 20.1 Å². The molecule has 8 nitrogen and oxygen atoms in total. The van der Waals surface area contributed by atoms with E-state index in [1.807, 2.05) is 13.8 Å². The standard InChI is InChI=1S/C16H23N3O5/c1-10(2)24-13-6-5-12(9-14(13)23-4)16(22)19-18-15(21)7-8-17-11(3)20/h5-6,9-10H,7-8H2,1-4H3,(H,17,20)(H,18,21)(H,19,22). The molecule has 0 spiro atoms. The number of ether oxygens (including phenoxy) is 2. The largest absolute Gasteiger partial charge is 0.493 e. The lowest BCUT2D eigenvalue weighted by molar-refractivity contribution is -0.122. The highest BCUT2D eigenvalue weighted by Crippen LogP contribution is 2.28. The molecule has 1 rings (SSSR count). The van der Waals surface area contributed by atoms with Gasteiger partial charge in [0.05, 0.1) is 13.2 Å². The molecule has 3 N–H and O–H groups in total. The fourth-order valence-corrected chi connectivity index (χ4v) is 1.77. The van der Waals surface area contributed by atoms with Crippen molar-refractivity contribution in [3.63, 3.8) is 0 Å². The molecule has 0 saturated carbocycles. The maximum atomic E-state index is 12.0. The molecule has 3 amide bonds. The minimum Gasteiger partial charge on any atom is -0.493 e. The summed E-state index contributed by atoms with van der Waals surface area (Å²) in [6, 6.07) is 4.72. The Morgan fingerprint density at radius 3 is 2.42 bits per heavy atom. The summed E-state index contributed by atoms with van der Waals surface area (Å²) < 4.78 is 10.8. The fourth-order valence-electron chi connectivity index (χ4n) is 1.77. The lowest BCUT2D eigenvalue weighted by atomic mass is 10.2. The molecule has 0 aliphatic rings. The summed E-state index contributed by atoms with van der Waals surface area (Å²) in [5.74, 6) is -0.166. The van der Waals surface area contributed by atoms with Gasteiger partial charge in [0.25, 0.3) is 5.91 Å². The van der Waals surface area contributed by atoms with Gasteiger partial charge < -0.3 is 14.8 Å².